The molecule has 5 nitrogen and oxygen atoms in total. The van der Waals surface area contributed by atoms with Crippen LogP contribution in [0.1, 0.15) is 33.1 Å². The van der Waals surface area contributed by atoms with E-state index in [1.807, 2.05) is 13.0 Å². The van der Waals surface area contributed by atoms with Crippen LogP contribution in [0.15, 0.2) is 12.3 Å². The highest BCUT2D eigenvalue weighted by molar-refractivity contribution is 5.29. The quantitative estimate of drug-likeness (QED) is 0.718. The van der Waals surface area contributed by atoms with Gasteiger partial charge in [-0.3, -0.25) is 0 Å². The highest BCUT2D eigenvalue weighted by Gasteiger charge is 2.77. The molecule has 0 aromatic heterocycles. The van der Waals surface area contributed by atoms with Gasteiger partial charge in [-0.15, -0.1) is 0 Å². The summed E-state index contributed by atoms with van der Waals surface area (Å²) in [5.41, 5.74) is -2.20. The van der Waals surface area contributed by atoms with Crippen molar-refractivity contribution in [2.75, 3.05) is 13.2 Å². The van der Waals surface area contributed by atoms with Crippen LogP contribution in [0.5, 0.6) is 0 Å². The zero-order chi connectivity index (χ0) is 13.4. The molecule has 4 aliphatic rings. The fourth-order valence-corrected chi connectivity index (χ4v) is 4.51. The van der Waals surface area contributed by atoms with E-state index in [2.05, 4.69) is 6.92 Å². The van der Waals surface area contributed by atoms with E-state index < -0.39 is 22.4 Å². The molecule has 0 unspecified atom stereocenters. The molecular weight excluding hydrogens is 248 g/mol. The summed E-state index contributed by atoms with van der Waals surface area (Å²) < 4.78 is 23.6. The van der Waals surface area contributed by atoms with E-state index in [1.54, 1.807) is 6.26 Å². The zero-order valence-electron chi connectivity index (χ0n) is 11.3. The summed E-state index contributed by atoms with van der Waals surface area (Å²) in [5.74, 6) is -0.665. The Morgan fingerprint density at radius 1 is 1.16 bits per heavy atom. The molecule has 3 fully saturated rings. The molecule has 2 spiro atoms. The standard InChI is InChI=1S/C14H20O5/c1-11-9-10-16-6-5-13(11,19-10)12(2,15)3-4-14(11)17-7-8-18-14/h5-6,10,15H,3-4,7-9H2,1-2H3/t10-,11+,12-,13-/m1/s1. The maximum absolute atomic E-state index is 10.9. The molecule has 3 aliphatic heterocycles. The van der Waals surface area contributed by atoms with Gasteiger partial charge >= 0.3 is 0 Å². The van der Waals surface area contributed by atoms with Crippen molar-refractivity contribution in [3.05, 3.63) is 12.3 Å². The monoisotopic (exact) mass is 268 g/mol. The Bertz CT molecular complexity index is 439. The third-order valence-corrected chi connectivity index (χ3v) is 5.58. The third kappa shape index (κ3) is 1.17. The van der Waals surface area contributed by atoms with Gasteiger partial charge < -0.3 is 24.1 Å². The lowest BCUT2D eigenvalue weighted by molar-refractivity contribution is -0.327. The SMILES string of the molecule is C[C@@]1(O)CCC2(OCCO2)[C@@]2(C)C[C@@H]3OC=C[C@]12O3. The Morgan fingerprint density at radius 3 is 2.63 bits per heavy atom. The first-order chi connectivity index (χ1) is 8.95. The van der Waals surface area contributed by atoms with Gasteiger partial charge in [0.1, 0.15) is 5.60 Å². The minimum atomic E-state index is -0.947. The van der Waals surface area contributed by atoms with Crippen molar-refractivity contribution in [1.82, 2.24) is 0 Å². The molecule has 4 rings (SSSR count). The summed E-state index contributed by atoms with van der Waals surface area (Å²) >= 11 is 0. The average Bonchev–Trinajstić information content (AvgIpc) is 2.92. The van der Waals surface area contributed by atoms with Crippen LogP contribution in [0.3, 0.4) is 0 Å². The lowest BCUT2D eigenvalue weighted by atomic mass is 9.54. The first-order valence-electron chi connectivity index (χ1n) is 6.96. The first kappa shape index (κ1) is 12.1. The van der Waals surface area contributed by atoms with E-state index in [0.29, 0.717) is 32.5 Å². The Morgan fingerprint density at radius 2 is 1.89 bits per heavy atom. The van der Waals surface area contributed by atoms with Gasteiger partial charge in [-0.25, -0.2) is 0 Å². The van der Waals surface area contributed by atoms with Crippen LogP contribution in [0.25, 0.3) is 0 Å². The fraction of sp³-hybridized carbons (Fsp3) is 0.857. The minimum absolute atomic E-state index is 0.329. The maximum atomic E-state index is 10.9. The normalized spacial score (nSPS) is 54.2. The van der Waals surface area contributed by atoms with Crippen LogP contribution < -0.4 is 0 Å². The molecule has 2 bridgehead atoms. The van der Waals surface area contributed by atoms with Crippen molar-refractivity contribution in [1.29, 1.82) is 0 Å². The molecule has 0 aromatic carbocycles. The van der Waals surface area contributed by atoms with Crippen molar-refractivity contribution < 1.29 is 24.1 Å². The second-order valence-corrected chi connectivity index (χ2v) is 6.48. The summed E-state index contributed by atoms with van der Waals surface area (Å²) in [4.78, 5) is 0. The van der Waals surface area contributed by atoms with E-state index in [-0.39, 0.29) is 6.29 Å². The van der Waals surface area contributed by atoms with Crippen LogP contribution >= 0.6 is 0 Å². The number of hydrogen-bond acceptors (Lipinski definition) is 5. The Labute approximate surface area is 112 Å². The molecule has 1 N–H and O–H groups in total. The van der Waals surface area contributed by atoms with Crippen molar-refractivity contribution >= 4 is 0 Å². The molecule has 0 aromatic rings. The first-order valence-corrected chi connectivity index (χ1v) is 6.96. The number of ether oxygens (including phenoxy) is 4. The molecule has 0 radical (unpaired) electrons. The van der Waals surface area contributed by atoms with Gasteiger partial charge in [0.2, 0.25) is 6.29 Å². The number of rotatable bonds is 0. The van der Waals surface area contributed by atoms with Gasteiger partial charge in [0.15, 0.2) is 5.79 Å². The summed E-state index contributed by atoms with van der Waals surface area (Å²) in [6, 6.07) is 0. The van der Waals surface area contributed by atoms with E-state index in [4.69, 9.17) is 18.9 Å². The van der Waals surface area contributed by atoms with E-state index in [1.165, 1.54) is 0 Å². The predicted octanol–water partition coefficient (Wildman–Crippen LogP) is 1.31. The molecule has 4 atom stereocenters. The number of aliphatic hydroxyl groups is 1. The Hall–Kier alpha value is -0.620. The van der Waals surface area contributed by atoms with Crippen molar-refractivity contribution in [2.45, 2.75) is 56.4 Å². The van der Waals surface area contributed by atoms with Gasteiger partial charge in [-0.05, 0) is 19.4 Å². The zero-order valence-corrected chi connectivity index (χ0v) is 11.3. The number of hydrogen-bond donors (Lipinski definition) is 1. The van der Waals surface area contributed by atoms with Crippen LogP contribution in [0.2, 0.25) is 0 Å². The molecule has 3 heterocycles. The van der Waals surface area contributed by atoms with Crippen molar-refractivity contribution in [3.8, 4) is 0 Å². The second kappa shape index (κ2) is 3.34. The summed E-state index contributed by atoms with van der Waals surface area (Å²) in [6.45, 7) is 5.13. The van der Waals surface area contributed by atoms with E-state index >= 15 is 0 Å². The fourth-order valence-electron chi connectivity index (χ4n) is 4.51. The maximum Gasteiger partial charge on any atom is 0.200 e. The van der Waals surface area contributed by atoms with Crippen LogP contribution in [-0.2, 0) is 18.9 Å². The molecular formula is C14H20O5. The predicted molar refractivity (Wildman–Crippen MR) is 65.0 cm³/mol. The Kier molecular flexibility index (Phi) is 2.13. The van der Waals surface area contributed by atoms with E-state index in [9.17, 15) is 5.11 Å². The third-order valence-electron chi connectivity index (χ3n) is 5.58. The molecule has 1 aliphatic carbocycles. The number of fused-ring (bicyclic) bond motifs is 2. The van der Waals surface area contributed by atoms with Crippen LogP contribution in [0.4, 0.5) is 0 Å². The average molecular weight is 268 g/mol. The van der Waals surface area contributed by atoms with Crippen molar-refractivity contribution in [2.24, 2.45) is 5.41 Å². The highest BCUT2D eigenvalue weighted by atomic mass is 16.8. The Balaban J connectivity index is 1.90. The lowest BCUT2D eigenvalue weighted by Gasteiger charge is -2.59. The topological polar surface area (TPSA) is 57.2 Å². The van der Waals surface area contributed by atoms with Crippen LogP contribution in [0, 0.1) is 5.41 Å². The molecule has 19 heavy (non-hydrogen) atoms. The molecule has 0 amide bonds. The second-order valence-electron chi connectivity index (χ2n) is 6.48. The minimum Gasteiger partial charge on any atom is -0.473 e. The molecule has 5 heteroatoms. The van der Waals surface area contributed by atoms with Gasteiger partial charge in [0.05, 0.1) is 30.5 Å². The highest BCUT2D eigenvalue weighted by Crippen LogP contribution is 2.66. The largest absolute Gasteiger partial charge is 0.473 e. The summed E-state index contributed by atoms with van der Waals surface area (Å²) in [6.07, 6.45) is 5.10. The van der Waals surface area contributed by atoms with Gasteiger partial charge in [0, 0.05) is 12.8 Å². The van der Waals surface area contributed by atoms with E-state index in [0.717, 1.165) is 0 Å². The summed E-state index contributed by atoms with van der Waals surface area (Å²) in [7, 11) is 0. The molecule has 1 saturated carbocycles. The van der Waals surface area contributed by atoms with Crippen LogP contribution in [-0.4, -0.2) is 41.6 Å². The lowest BCUT2D eigenvalue weighted by Crippen LogP contribution is -2.71. The van der Waals surface area contributed by atoms with Gasteiger partial charge in [0.25, 0.3) is 0 Å². The molecule has 2 saturated heterocycles. The van der Waals surface area contributed by atoms with Gasteiger partial charge in [-0.1, -0.05) is 6.92 Å². The van der Waals surface area contributed by atoms with Gasteiger partial charge in [-0.2, -0.15) is 0 Å². The van der Waals surface area contributed by atoms with Crippen molar-refractivity contribution in [3.63, 3.8) is 0 Å². The molecule has 106 valence electrons. The smallest absolute Gasteiger partial charge is 0.200 e. The summed E-state index contributed by atoms with van der Waals surface area (Å²) in [5, 5.41) is 10.9.